The van der Waals surface area contributed by atoms with Gasteiger partial charge in [0.2, 0.25) is 5.91 Å². The second-order valence-corrected chi connectivity index (χ2v) is 6.03. The molecule has 1 heterocycles. The number of anilines is 1. The number of nitrogens with one attached hydrogen (secondary N) is 3. The Morgan fingerprint density at radius 2 is 2.00 bits per heavy atom. The fourth-order valence-corrected chi connectivity index (χ4v) is 2.59. The van der Waals surface area contributed by atoms with Crippen molar-refractivity contribution in [3.8, 4) is 0 Å². The van der Waals surface area contributed by atoms with E-state index in [0.29, 0.717) is 22.8 Å². The van der Waals surface area contributed by atoms with Crippen molar-refractivity contribution < 1.29 is 9.59 Å². The molecular weight excluding hydrogens is 325 g/mol. The molecule has 1 saturated heterocycles. The zero-order chi connectivity index (χ0) is 14.8. The molecule has 2 fully saturated rings. The molecule has 1 aliphatic carbocycles. The van der Waals surface area contributed by atoms with Crippen LogP contribution in [-0.2, 0) is 4.79 Å². The third-order valence-corrected chi connectivity index (χ3v) is 4.15. The highest BCUT2D eigenvalue weighted by molar-refractivity contribution is 6.34. The molecule has 7 heteroatoms. The first-order chi connectivity index (χ1) is 10.1. The van der Waals surface area contributed by atoms with Crippen LogP contribution in [0.25, 0.3) is 0 Å². The molecule has 3 rings (SSSR count). The van der Waals surface area contributed by atoms with Gasteiger partial charge in [0.15, 0.2) is 0 Å². The second kappa shape index (κ2) is 7.31. The molecule has 1 aromatic rings. The second-order valence-electron chi connectivity index (χ2n) is 5.62. The Morgan fingerprint density at radius 1 is 1.23 bits per heavy atom. The largest absolute Gasteiger partial charge is 0.349 e. The lowest BCUT2D eigenvalue weighted by Crippen LogP contribution is -2.27. The predicted octanol–water partition coefficient (Wildman–Crippen LogP) is 2.20. The fourth-order valence-electron chi connectivity index (χ4n) is 2.39. The van der Waals surface area contributed by atoms with Crippen LogP contribution in [0.4, 0.5) is 5.69 Å². The van der Waals surface area contributed by atoms with Crippen molar-refractivity contribution in [3.63, 3.8) is 0 Å². The number of carbonyl (C=O) groups excluding carboxylic acids is 2. The van der Waals surface area contributed by atoms with Crippen LogP contribution in [0.1, 0.15) is 29.6 Å². The first-order valence-electron chi connectivity index (χ1n) is 7.25. The van der Waals surface area contributed by atoms with E-state index in [1.54, 1.807) is 18.2 Å². The Balaban J connectivity index is 0.00000176. The lowest BCUT2D eigenvalue weighted by atomic mass is 10.1. The van der Waals surface area contributed by atoms with Gasteiger partial charge in [0.25, 0.3) is 5.91 Å². The zero-order valence-electron chi connectivity index (χ0n) is 12.0. The Kier molecular flexibility index (Phi) is 5.67. The smallest absolute Gasteiger partial charge is 0.253 e. The number of hydrogen-bond donors (Lipinski definition) is 3. The van der Waals surface area contributed by atoms with Gasteiger partial charge in [-0.3, -0.25) is 9.59 Å². The maximum atomic E-state index is 12.1. The summed E-state index contributed by atoms with van der Waals surface area (Å²) in [5.41, 5.74) is 1.02. The molecule has 0 spiro atoms. The molecule has 1 atom stereocenters. The van der Waals surface area contributed by atoms with Crippen molar-refractivity contribution in [3.05, 3.63) is 28.8 Å². The number of hydrogen-bond acceptors (Lipinski definition) is 3. The van der Waals surface area contributed by atoms with Crippen LogP contribution in [0.15, 0.2) is 18.2 Å². The Labute approximate surface area is 140 Å². The summed E-state index contributed by atoms with van der Waals surface area (Å²) in [6.45, 7) is 1.57. The maximum Gasteiger partial charge on any atom is 0.253 e. The molecule has 1 saturated carbocycles. The molecule has 0 bridgehead atoms. The quantitative estimate of drug-likeness (QED) is 0.784. The SMILES string of the molecule is Cl.O=C(NC1CC1)c1cc(NC(=O)C2CCNC2)ccc1Cl. The zero-order valence-corrected chi connectivity index (χ0v) is 13.6. The van der Waals surface area contributed by atoms with Crippen LogP contribution in [-0.4, -0.2) is 30.9 Å². The molecular formula is C15H19Cl2N3O2. The van der Waals surface area contributed by atoms with Gasteiger partial charge in [-0.05, 0) is 44.0 Å². The molecule has 22 heavy (non-hydrogen) atoms. The van der Waals surface area contributed by atoms with E-state index < -0.39 is 0 Å². The molecule has 1 aliphatic heterocycles. The van der Waals surface area contributed by atoms with Crippen molar-refractivity contribution in [1.29, 1.82) is 0 Å². The lowest BCUT2D eigenvalue weighted by Gasteiger charge is -2.12. The van der Waals surface area contributed by atoms with E-state index in [4.69, 9.17) is 11.6 Å². The number of carbonyl (C=O) groups is 2. The highest BCUT2D eigenvalue weighted by atomic mass is 35.5. The summed E-state index contributed by atoms with van der Waals surface area (Å²) in [6.07, 6.45) is 2.89. The molecule has 1 aromatic carbocycles. The van der Waals surface area contributed by atoms with Crippen LogP contribution >= 0.6 is 24.0 Å². The third kappa shape index (κ3) is 4.12. The number of amides is 2. The molecule has 3 N–H and O–H groups in total. The summed E-state index contributed by atoms with van der Waals surface area (Å²) < 4.78 is 0. The molecule has 0 radical (unpaired) electrons. The van der Waals surface area contributed by atoms with Gasteiger partial charge in [-0.2, -0.15) is 0 Å². The van der Waals surface area contributed by atoms with Gasteiger partial charge in [0.05, 0.1) is 16.5 Å². The molecule has 1 unspecified atom stereocenters. The van der Waals surface area contributed by atoms with Gasteiger partial charge in [-0.15, -0.1) is 12.4 Å². The summed E-state index contributed by atoms with van der Waals surface area (Å²) in [5, 5.41) is 9.32. The van der Waals surface area contributed by atoms with Crippen molar-refractivity contribution in [1.82, 2.24) is 10.6 Å². The van der Waals surface area contributed by atoms with Gasteiger partial charge >= 0.3 is 0 Å². The van der Waals surface area contributed by atoms with Crippen molar-refractivity contribution in [2.45, 2.75) is 25.3 Å². The summed E-state index contributed by atoms with van der Waals surface area (Å²) in [6, 6.07) is 5.28. The maximum absolute atomic E-state index is 12.1. The fraction of sp³-hybridized carbons (Fsp3) is 0.467. The Hall–Kier alpha value is -1.30. The first-order valence-corrected chi connectivity index (χ1v) is 7.63. The molecule has 0 aromatic heterocycles. The van der Waals surface area contributed by atoms with E-state index in [1.807, 2.05) is 0 Å². The standard InChI is InChI=1S/C15H18ClN3O2.ClH/c16-13-4-3-11(19-14(20)9-5-6-17-8-9)7-12(13)15(21)18-10-1-2-10;/h3-4,7,9-10,17H,1-2,5-6,8H2,(H,18,21)(H,19,20);1H. The van der Waals surface area contributed by atoms with Gasteiger partial charge in [0.1, 0.15) is 0 Å². The lowest BCUT2D eigenvalue weighted by molar-refractivity contribution is -0.119. The topological polar surface area (TPSA) is 70.2 Å². The van der Waals surface area contributed by atoms with Crippen molar-refractivity contribution in [2.75, 3.05) is 18.4 Å². The van der Waals surface area contributed by atoms with E-state index in [1.165, 1.54) is 0 Å². The molecule has 2 aliphatic rings. The number of benzene rings is 1. The minimum absolute atomic E-state index is 0. The van der Waals surface area contributed by atoms with Gasteiger partial charge in [0, 0.05) is 18.3 Å². The van der Waals surface area contributed by atoms with Crippen LogP contribution < -0.4 is 16.0 Å². The van der Waals surface area contributed by atoms with Crippen LogP contribution in [0.3, 0.4) is 0 Å². The summed E-state index contributed by atoms with van der Waals surface area (Å²) in [7, 11) is 0. The normalized spacial score (nSPS) is 20.1. The number of rotatable bonds is 4. The minimum atomic E-state index is -0.180. The van der Waals surface area contributed by atoms with Crippen molar-refractivity contribution >= 4 is 41.5 Å². The first kappa shape index (κ1) is 17.1. The average molecular weight is 344 g/mol. The Bertz CT molecular complexity index is 570. The Morgan fingerprint density at radius 3 is 2.64 bits per heavy atom. The minimum Gasteiger partial charge on any atom is -0.349 e. The molecule has 5 nitrogen and oxygen atoms in total. The molecule has 120 valence electrons. The monoisotopic (exact) mass is 343 g/mol. The van der Waals surface area contributed by atoms with Gasteiger partial charge in [-0.25, -0.2) is 0 Å². The summed E-state index contributed by atoms with van der Waals surface area (Å²) in [4.78, 5) is 24.2. The van der Waals surface area contributed by atoms with E-state index in [9.17, 15) is 9.59 Å². The van der Waals surface area contributed by atoms with E-state index >= 15 is 0 Å². The average Bonchev–Trinajstić information content (AvgIpc) is 3.10. The van der Waals surface area contributed by atoms with E-state index in [0.717, 1.165) is 25.8 Å². The summed E-state index contributed by atoms with van der Waals surface area (Å²) >= 11 is 6.08. The highest BCUT2D eigenvalue weighted by Crippen LogP contribution is 2.24. The summed E-state index contributed by atoms with van der Waals surface area (Å²) in [5.74, 6) is -0.207. The van der Waals surface area contributed by atoms with Crippen molar-refractivity contribution in [2.24, 2.45) is 5.92 Å². The number of halogens is 2. The third-order valence-electron chi connectivity index (χ3n) is 3.82. The molecule has 2 amide bonds. The van der Waals surface area contributed by atoms with E-state index in [-0.39, 0.29) is 36.2 Å². The van der Waals surface area contributed by atoms with Gasteiger partial charge < -0.3 is 16.0 Å². The highest BCUT2D eigenvalue weighted by Gasteiger charge is 2.25. The van der Waals surface area contributed by atoms with E-state index in [2.05, 4.69) is 16.0 Å². The van der Waals surface area contributed by atoms with Crippen LogP contribution in [0.2, 0.25) is 5.02 Å². The predicted molar refractivity (Wildman–Crippen MR) is 88.8 cm³/mol. The van der Waals surface area contributed by atoms with Crippen LogP contribution in [0, 0.1) is 5.92 Å². The van der Waals surface area contributed by atoms with Gasteiger partial charge in [-0.1, -0.05) is 11.6 Å². The van der Waals surface area contributed by atoms with Crippen LogP contribution in [0.5, 0.6) is 0 Å².